The second kappa shape index (κ2) is 10.5. The van der Waals surface area contributed by atoms with Gasteiger partial charge in [0, 0.05) is 18.7 Å². The first-order valence-corrected chi connectivity index (χ1v) is 13.7. The number of ketones is 2. The number of nitrogens with two attached hydrogens (primary N) is 1. The molecule has 11 heteroatoms. The van der Waals surface area contributed by atoms with Crippen LogP contribution in [0.2, 0.25) is 0 Å². The monoisotopic (exact) mass is 564 g/mol. The van der Waals surface area contributed by atoms with Gasteiger partial charge in [-0.05, 0) is 82.1 Å². The molecule has 1 aromatic rings. The number of carbonyl (C=O) groups is 4. The summed E-state index contributed by atoms with van der Waals surface area (Å²) < 4.78 is 0. The zero-order chi connectivity index (χ0) is 29.9. The minimum Gasteiger partial charge on any atom is -0.510 e. The Morgan fingerprint density at radius 3 is 2.37 bits per heavy atom. The first-order chi connectivity index (χ1) is 19.3. The highest BCUT2D eigenvalue weighted by Crippen LogP contribution is 2.51. The number of aromatic hydroxyl groups is 1. The lowest BCUT2D eigenvalue weighted by molar-refractivity contribution is -0.137. The summed E-state index contributed by atoms with van der Waals surface area (Å²) in [6.07, 6.45) is 3.20. The molecule has 0 aromatic heterocycles. The standard InChI is InChI=1S/C30H36N4O7/c1-32(2)13-20(36)34-9-7-14(8-10-34)16-5-6-19(35)22-17(16)11-15-12-18-23(27(38)21(15)26(22)37)28(39)24(30(31)41)29(40)25(18)33(3)4/h5-7,15,18,23,25,35,37,40H,8-13H2,1-4H3,(H2,31,41)/t15?,18?,23?,25-/m0/s1. The largest absolute Gasteiger partial charge is 0.510 e. The number of nitrogens with zero attached hydrogens (tertiary/aromatic N) is 3. The van der Waals surface area contributed by atoms with Crippen molar-refractivity contribution in [2.75, 3.05) is 47.8 Å². The van der Waals surface area contributed by atoms with E-state index in [1.54, 1.807) is 30.0 Å². The van der Waals surface area contributed by atoms with E-state index < -0.39 is 52.6 Å². The van der Waals surface area contributed by atoms with E-state index in [9.17, 15) is 34.5 Å². The van der Waals surface area contributed by atoms with Crippen molar-refractivity contribution in [2.45, 2.75) is 25.3 Å². The van der Waals surface area contributed by atoms with Crippen molar-refractivity contribution in [3.05, 3.63) is 51.8 Å². The molecule has 5 N–H and O–H groups in total. The van der Waals surface area contributed by atoms with Crippen LogP contribution in [0.4, 0.5) is 0 Å². The van der Waals surface area contributed by atoms with Gasteiger partial charge in [-0.1, -0.05) is 12.1 Å². The van der Waals surface area contributed by atoms with Crippen LogP contribution in [0.15, 0.2) is 35.1 Å². The molecule has 11 nitrogen and oxygen atoms in total. The molecule has 2 amide bonds. The lowest BCUT2D eigenvalue weighted by Crippen LogP contribution is -2.55. The Bertz CT molecular complexity index is 1450. The number of benzene rings is 1. The van der Waals surface area contributed by atoms with Gasteiger partial charge in [-0.3, -0.25) is 24.1 Å². The molecule has 0 spiro atoms. The third kappa shape index (κ3) is 4.62. The average molecular weight is 565 g/mol. The quantitative estimate of drug-likeness (QED) is 0.302. The van der Waals surface area contributed by atoms with Gasteiger partial charge in [0.05, 0.1) is 24.1 Å². The summed E-state index contributed by atoms with van der Waals surface area (Å²) in [6.45, 7) is 1.30. The lowest BCUT2D eigenvalue weighted by Gasteiger charge is -2.46. The van der Waals surface area contributed by atoms with Crippen molar-refractivity contribution >= 4 is 34.7 Å². The first-order valence-electron chi connectivity index (χ1n) is 13.7. The lowest BCUT2D eigenvalue weighted by atomic mass is 9.59. The number of Topliss-reactive ketones (excluding diaryl/α,β-unsaturated/α-hetero) is 2. The molecule has 3 unspecified atom stereocenters. The first kappa shape index (κ1) is 28.6. The second-order valence-electron chi connectivity index (χ2n) is 11.8. The molecule has 0 bridgehead atoms. The maximum absolute atomic E-state index is 13.9. The summed E-state index contributed by atoms with van der Waals surface area (Å²) in [7, 11) is 7.06. The molecular weight excluding hydrogens is 528 g/mol. The fourth-order valence-electron chi connectivity index (χ4n) is 7.08. The van der Waals surface area contributed by atoms with Crippen molar-refractivity contribution in [1.82, 2.24) is 14.7 Å². The van der Waals surface area contributed by atoms with E-state index in [0.29, 0.717) is 44.5 Å². The molecule has 1 fully saturated rings. The molecule has 218 valence electrons. The van der Waals surface area contributed by atoms with Crippen molar-refractivity contribution < 1.29 is 34.5 Å². The van der Waals surface area contributed by atoms with E-state index in [0.717, 1.165) is 11.1 Å². The molecule has 41 heavy (non-hydrogen) atoms. The number of fused-ring (bicyclic) bond motifs is 3. The van der Waals surface area contributed by atoms with Crippen LogP contribution in [0.5, 0.6) is 5.75 Å². The van der Waals surface area contributed by atoms with Crippen LogP contribution in [0.1, 0.15) is 29.5 Å². The topological polar surface area (TPSA) is 165 Å². The predicted octanol–water partition coefficient (Wildman–Crippen LogP) is 1.03. The molecule has 1 aliphatic heterocycles. The van der Waals surface area contributed by atoms with Crippen molar-refractivity contribution in [3.8, 4) is 5.75 Å². The third-order valence-corrected chi connectivity index (χ3v) is 8.81. The number of amides is 2. The number of rotatable bonds is 5. The zero-order valence-electron chi connectivity index (χ0n) is 23.7. The summed E-state index contributed by atoms with van der Waals surface area (Å²) in [4.78, 5) is 57.1. The molecule has 0 radical (unpaired) electrons. The number of likely N-dealkylation sites (N-methyl/N-ethyl adjacent to an activating group) is 2. The molecular formula is C30H36N4O7. The van der Waals surface area contributed by atoms with Gasteiger partial charge in [0.15, 0.2) is 11.6 Å². The number of primary amides is 1. The van der Waals surface area contributed by atoms with Crippen LogP contribution < -0.4 is 5.73 Å². The average Bonchev–Trinajstić information content (AvgIpc) is 2.87. The third-order valence-electron chi connectivity index (χ3n) is 8.81. The molecule has 1 heterocycles. The van der Waals surface area contributed by atoms with Crippen LogP contribution in [-0.4, -0.2) is 107 Å². The van der Waals surface area contributed by atoms with E-state index in [1.807, 2.05) is 25.1 Å². The van der Waals surface area contributed by atoms with Gasteiger partial charge in [-0.2, -0.15) is 0 Å². The van der Waals surface area contributed by atoms with Gasteiger partial charge in [-0.15, -0.1) is 0 Å². The number of allylic oxidation sites excluding steroid dienone is 1. The van der Waals surface area contributed by atoms with E-state index in [4.69, 9.17) is 5.73 Å². The van der Waals surface area contributed by atoms with Crippen LogP contribution in [0.25, 0.3) is 11.3 Å². The van der Waals surface area contributed by atoms with E-state index in [-0.39, 0.29) is 28.6 Å². The predicted molar refractivity (Wildman–Crippen MR) is 151 cm³/mol. The Morgan fingerprint density at radius 2 is 1.78 bits per heavy atom. The minimum atomic E-state index is -1.28. The summed E-state index contributed by atoms with van der Waals surface area (Å²) in [5.74, 6) is -5.91. The SMILES string of the molecule is CN(C)CC(=O)N1CC=C(c2ccc(O)c3c2CC2CC4C(C(=O)C(C(N)=O)=C(O)[C@H]4N(C)C)C(=O)C2=C3O)CC1. The summed E-state index contributed by atoms with van der Waals surface area (Å²) in [5.41, 5.74) is 7.57. The minimum absolute atomic E-state index is 0.0350. The molecule has 0 saturated heterocycles. The highest BCUT2D eigenvalue weighted by Gasteiger charge is 2.55. The second-order valence-corrected chi connectivity index (χ2v) is 11.8. The summed E-state index contributed by atoms with van der Waals surface area (Å²) in [5, 5.41) is 33.2. The number of phenolic OH excluding ortho intramolecular Hbond substituents is 1. The highest BCUT2D eigenvalue weighted by molar-refractivity contribution is 6.28. The number of hydrogen-bond acceptors (Lipinski definition) is 9. The Labute approximate surface area is 238 Å². The van der Waals surface area contributed by atoms with E-state index in [1.165, 1.54) is 6.07 Å². The number of aliphatic hydroxyl groups excluding tert-OH is 2. The molecule has 1 saturated carbocycles. The van der Waals surface area contributed by atoms with Crippen molar-refractivity contribution in [2.24, 2.45) is 23.5 Å². The smallest absolute Gasteiger partial charge is 0.255 e. The molecule has 4 aliphatic rings. The van der Waals surface area contributed by atoms with Crippen LogP contribution >= 0.6 is 0 Å². The number of aliphatic hydroxyl groups is 2. The molecule has 5 rings (SSSR count). The van der Waals surface area contributed by atoms with Gasteiger partial charge in [-0.25, -0.2) is 0 Å². The fraction of sp³-hybridized carbons (Fsp3) is 0.467. The number of phenols is 1. The fourth-order valence-corrected chi connectivity index (χ4v) is 7.08. The number of hydrogen-bond donors (Lipinski definition) is 4. The maximum atomic E-state index is 13.9. The maximum Gasteiger partial charge on any atom is 0.255 e. The van der Waals surface area contributed by atoms with Gasteiger partial charge < -0.3 is 30.9 Å². The van der Waals surface area contributed by atoms with Crippen molar-refractivity contribution in [3.63, 3.8) is 0 Å². The Morgan fingerprint density at radius 1 is 1.07 bits per heavy atom. The summed E-state index contributed by atoms with van der Waals surface area (Å²) >= 11 is 0. The van der Waals surface area contributed by atoms with Gasteiger partial charge >= 0.3 is 0 Å². The molecule has 4 atom stereocenters. The Kier molecular flexibility index (Phi) is 7.29. The van der Waals surface area contributed by atoms with Gasteiger partial charge in [0.1, 0.15) is 22.8 Å². The van der Waals surface area contributed by atoms with Crippen LogP contribution in [0, 0.1) is 17.8 Å². The zero-order valence-corrected chi connectivity index (χ0v) is 23.7. The van der Waals surface area contributed by atoms with Crippen LogP contribution in [0.3, 0.4) is 0 Å². The molecule has 1 aromatic carbocycles. The highest BCUT2D eigenvalue weighted by atomic mass is 16.3. The van der Waals surface area contributed by atoms with E-state index in [2.05, 4.69) is 0 Å². The van der Waals surface area contributed by atoms with Gasteiger partial charge in [0.2, 0.25) is 5.91 Å². The Balaban J connectivity index is 1.55. The van der Waals surface area contributed by atoms with Crippen LogP contribution in [-0.2, 0) is 25.6 Å². The van der Waals surface area contributed by atoms with E-state index >= 15 is 0 Å². The van der Waals surface area contributed by atoms with Gasteiger partial charge in [0.25, 0.3) is 5.91 Å². The van der Waals surface area contributed by atoms with Crippen molar-refractivity contribution in [1.29, 1.82) is 0 Å². The summed E-state index contributed by atoms with van der Waals surface area (Å²) in [6, 6.07) is 2.49. The Hall–Kier alpha value is -3.96. The number of carbonyl (C=O) groups excluding carboxylic acids is 4. The normalized spacial score (nSPS) is 26.2. The molecule has 3 aliphatic carbocycles.